The van der Waals surface area contributed by atoms with Crippen LogP contribution in [0.15, 0.2) is 60.0 Å². The highest BCUT2D eigenvalue weighted by atomic mass is 16.7. The molecule has 5 rings (SSSR count). The second kappa shape index (κ2) is 9.27. The Bertz CT molecular complexity index is 1080. The Morgan fingerprint density at radius 2 is 1.91 bits per heavy atom. The number of nitrogens with zero attached hydrogens (tertiary/aromatic N) is 6. The van der Waals surface area contributed by atoms with Gasteiger partial charge in [0.25, 0.3) is 0 Å². The molecule has 0 radical (unpaired) electrons. The van der Waals surface area contributed by atoms with E-state index in [1.807, 2.05) is 43.7 Å². The van der Waals surface area contributed by atoms with Gasteiger partial charge in [0.1, 0.15) is 0 Å². The fraction of sp³-hybridized carbons (Fsp3) is 0.348. The van der Waals surface area contributed by atoms with Crippen LogP contribution in [0.25, 0.3) is 5.82 Å². The minimum atomic E-state index is 0.313. The van der Waals surface area contributed by atoms with Crippen molar-refractivity contribution in [1.29, 1.82) is 0 Å². The number of hydrogen-bond acceptors (Lipinski definition) is 6. The number of fused-ring (bicyclic) bond motifs is 1. The molecule has 1 N–H and O–H groups in total. The Morgan fingerprint density at radius 3 is 2.72 bits per heavy atom. The molecule has 1 aromatic carbocycles. The lowest BCUT2D eigenvalue weighted by atomic mass is 10.1. The average Bonchev–Trinajstić information content (AvgIpc) is 3.53. The van der Waals surface area contributed by atoms with Crippen LogP contribution in [0.4, 0.5) is 0 Å². The van der Waals surface area contributed by atoms with E-state index >= 15 is 0 Å². The Hall–Kier alpha value is -3.59. The Kier molecular flexibility index (Phi) is 5.89. The second-order valence-electron chi connectivity index (χ2n) is 7.82. The summed E-state index contributed by atoms with van der Waals surface area (Å²) in [5.74, 6) is 3.41. The van der Waals surface area contributed by atoms with Crippen LogP contribution >= 0.6 is 0 Å². The fourth-order valence-corrected chi connectivity index (χ4v) is 4.03. The van der Waals surface area contributed by atoms with E-state index < -0.39 is 0 Å². The van der Waals surface area contributed by atoms with E-state index in [2.05, 4.69) is 42.3 Å². The fourth-order valence-electron chi connectivity index (χ4n) is 4.03. The van der Waals surface area contributed by atoms with E-state index in [1.165, 1.54) is 5.56 Å². The molecule has 0 bridgehead atoms. The number of piperazine rings is 1. The first-order valence-corrected chi connectivity index (χ1v) is 10.8. The number of aliphatic imine (C=N–C) groups is 1. The van der Waals surface area contributed by atoms with Crippen LogP contribution < -0.4 is 14.8 Å². The lowest BCUT2D eigenvalue weighted by Gasteiger charge is -2.36. The molecule has 0 unspecified atom stereocenters. The van der Waals surface area contributed by atoms with Crippen molar-refractivity contribution in [3.63, 3.8) is 0 Å². The van der Waals surface area contributed by atoms with Gasteiger partial charge in [0.2, 0.25) is 6.79 Å². The second-order valence-corrected chi connectivity index (χ2v) is 7.82. The van der Waals surface area contributed by atoms with Crippen LogP contribution in [0.3, 0.4) is 0 Å². The van der Waals surface area contributed by atoms with E-state index in [-0.39, 0.29) is 0 Å². The highest BCUT2D eigenvalue weighted by Gasteiger charge is 2.21. The summed E-state index contributed by atoms with van der Waals surface area (Å²) < 4.78 is 12.7. The van der Waals surface area contributed by atoms with Gasteiger partial charge in [-0.25, -0.2) is 9.67 Å². The van der Waals surface area contributed by atoms with Crippen LogP contribution in [-0.2, 0) is 13.1 Å². The Balaban J connectivity index is 1.13. The van der Waals surface area contributed by atoms with E-state index in [1.54, 1.807) is 10.9 Å². The van der Waals surface area contributed by atoms with Crippen LogP contribution in [0.2, 0.25) is 0 Å². The lowest BCUT2D eigenvalue weighted by molar-refractivity contribution is 0.171. The highest BCUT2D eigenvalue weighted by molar-refractivity contribution is 5.80. The molecule has 2 aromatic heterocycles. The van der Waals surface area contributed by atoms with Crippen molar-refractivity contribution < 1.29 is 9.47 Å². The predicted octanol–water partition coefficient (Wildman–Crippen LogP) is 1.89. The molecule has 9 nitrogen and oxygen atoms in total. The number of aromatic nitrogens is 3. The molecular formula is C23H27N7O2. The molecule has 0 aliphatic carbocycles. The van der Waals surface area contributed by atoms with Gasteiger partial charge in [-0.15, -0.1) is 0 Å². The zero-order valence-corrected chi connectivity index (χ0v) is 18.1. The van der Waals surface area contributed by atoms with E-state index in [0.29, 0.717) is 13.3 Å². The maximum absolute atomic E-state index is 5.50. The van der Waals surface area contributed by atoms with Crippen molar-refractivity contribution in [3.8, 4) is 17.3 Å². The average molecular weight is 434 g/mol. The van der Waals surface area contributed by atoms with Crippen molar-refractivity contribution in [2.24, 2.45) is 4.99 Å². The molecule has 2 aliphatic rings. The smallest absolute Gasteiger partial charge is 0.231 e. The molecular weight excluding hydrogens is 406 g/mol. The van der Waals surface area contributed by atoms with E-state index in [4.69, 9.17) is 9.47 Å². The number of ether oxygens (including phenoxy) is 2. The molecule has 32 heavy (non-hydrogen) atoms. The van der Waals surface area contributed by atoms with Crippen molar-refractivity contribution in [3.05, 3.63) is 66.1 Å². The third kappa shape index (κ3) is 4.52. The third-order valence-electron chi connectivity index (χ3n) is 5.73. The number of pyridine rings is 1. The molecule has 3 aromatic rings. The van der Waals surface area contributed by atoms with Crippen LogP contribution in [0.5, 0.6) is 11.5 Å². The number of guanidine groups is 1. The first kappa shape index (κ1) is 20.3. The zero-order chi connectivity index (χ0) is 21.8. The minimum Gasteiger partial charge on any atom is -0.454 e. The first-order valence-electron chi connectivity index (χ1n) is 10.8. The van der Waals surface area contributed by atoms with E-state index in [0.717, 1.165) is 61.6 Å². The number of nitrogens with one attached hydrogen (secondary N) is 1. The molecule has 9 heteroatoms. The van der Waals surface area contributed by atoms with Gasteiger partial charge < -0.3 is 19.7 Å². The van der Waals surface area contributed by atoms with Crippen molar-refractivity contribution in [1.82, 2.24) is 29.9 Å². The highest BCUT2D eigenvalue weighted by Crippen LogP contribution is 2.32. The SMILES string of the molecule is CN=C(NCc1ccnc(-n2cccn2)c1)N1CCN(Cc2ccc3c(c2)OCO3)CC1. The monoisotopic (exact) mass is 433 g/mol. The van der Waals surface area contributed by atoms with Crippen molar-refractivity contribution in [2.45, 2.75) is 13.1 Å². The normalized spacial score (nSPS) is 16.4. The van der Waals surface area contributed by atoms with Gasteiger partial charge in [-0.3, -0.25) is 9.89 Å². The summed E-state index contributed by atoms with van der Waals surface area (Å²) in [6.07, 6.45) is 5.45. The quantitative estimate of drug-likeness (QED) is 0.486. The molecule has 0 saturated carbocycles. The van der Waals surface area contributed by atoms with Gasteiger partial charge in [-0.2, -0.15) is 5.10 Å². The summed E-state index contributed by atoms with van der Waals surface area (Å²) in [6, 6.07) is 12.1. The molecule has 166 valence electrons. The molecule has 4 heterocycles. The molecule has 2 aliphatic heterocycles. The van der Waals surface area contributed by atoms with Crippen LogP contribution in [-0.4, -0.2) is 70.5 Å². The van der Waals surface area contributed by atoms with Gasteiger partial charge in [0, 0.05) is 64.9 Å². The summed E-state index contributed by atoms with van der Waals surface area (Å²) in [5, 5.41) is 7.74. The molecule has 0 amide bonds. The Morgan fingerprint density at radius 1 is 1.03 bits per heavy atom. The molecule has 0 atom stereocenters. The largest absolute Gasteiger partial charge is 0.454 e. The van der Waals surface area contributed by atoms with Crippen molar-refractivity contribution in [2.75, 3.05) is 40.0 Å². The van der Waals surface area contributed by atoms with Gasteiger partial charge in [-0.1, -0.05) is 6.07 Å². The number of rotatable bonds is 5. The summed E-state index contributed by atoms with van der Waals surface area (Å²) in [7, 11) is 1.84. The first-order chi connectivity index (χ1) is 15.8. The molecule has 1 saturated heterocycles. The van der Waals surface area contributed by atoms with Gasteiger partial charge >= 0.3 is 0 Å². The van der Waals surface area contributed by atoms with E-state index in [9.17, 15) is 0 Å². The summed E-state index contributed by atoms with van der Waals surface area (Å²) in [4.78, 5) is 13.7. The standard InChI is InChI=1S/C23H27N7O2/c1-24-23(26-15-18-5-7-25-22(14-18)30-8-2-6-27-30)29-11-9-28(10-12-29)16-19-3-4-20-21(13-19)32-17-31-20/h2-8,13-14H,9-12,15-17H2,1H3,(H,24,26). The topological polar surface area (TPSA) is 80.0 Å². The number of benzene rings is 1. The van der Waals surface area contributed by atoms with Gasteiger partial charge in [0.15, 0.2) is 23.3 Å². The molecule has 0 spiro atoms. The van der Waals surface area contributed by atoms with Crippen LogP contribution in [0, 0.1) is 0 Å². The summed E-state index contributed by atoms with van der Waals surface area (Å²) >= 11 is 0. The van der Waals surface area contributed by atoms with Gasteiger partial charge in [0.05, 0.1) is 0 Å². The lowest BCUT2D eigenvalue weighted by Crippen LogP contribution is -2.52. The zero-order valence-electron chi connectivity index (χ0n) is 18.1. The third-order valence-corrected chi connectivity index (χ3v) is 5.73. The van der Waals surface area contributed by atoms with Crippen LogP contribution in [0.1, 0.15) is 11.1 Å². The summed E-state index contributed by atoms with van der Waals surface area (Å²) in [5.41, 5.74) is 2.38. The maximum Gasteiger partial charge on any atom is 0.231 e. The summed E-state index contributed by atoms with van der Waals surface area (Å²) in [6.45, 7) is 5.72. The predicted molar refractivity (Wildman–Crippen MR) is 121 cm³/mol. The minimum absolute atomic E-state index is 0.313. The molecule has 1 fully saturated rings. The number of hydrogen-bond donors (Lipinski definition) is 1. The maximum atomic E-state index is 5.50. The van der Waals surface area contributed by atoms with Gasteiger partial charge in [-0.05, 0) is 41.5 Å². The Labute approximate surface area is 187 Å². The van der Waals surface area contributed by atoms with Crippen molar-refractivity contribution >= 4 is 5.96 Å².